The Bertz CT molecular complexity index is 1610. The third-order valence-electron chi connectivity index (χ3n) is 9.33. The van der Waals surface area contributed by atoms with Gasteiger partial charge < -0.3 is 34.6 Å². The number of nitrogens with one attached hydrogen (secondary N) is 1. The predicted octanol–water partition coefficient (Wildman–Crippen LogP) is 2.65. The number of β-amino-alcohol motifs (C(OH)–C–C–N with tert-alkyl or cyclic N) is 1. The molecule has 2 N–H and O–H groups in total. The van der Waals surface area contributed by atoms with Gasteiger partial charge in [0, 0.05) is 69.2 Å². The predicted molar refractivity (Wildman–Crippen MR) is 171 cm³/mol. The molecule has 0 spiro atoms. The number of halogens is 1. The molecule has 2 amide bonds. The highest BCUT2D eigenvalue weighted by Crippen LogP contribution is 2.29. The van der Waals surface area contributed by atoms with Gasteiger partial charge >= 0.3 is 6.03 Å². The average Bonchev–Trinajstić information content (AvgIpc) is 3.51. The Morgan fingerprint density at radius 2 is 1.77 bits per heavy atom. The van der Waals surface area contributed by atoms with Crippen molar-refractivity contribution in [1.29, 1.82) is 5.26 Å². The van der Waals surface area contributed by atoms with E-state index in [9.17, 15) is 15.2 Å². The van der Waals surface area contributed by atoms with Crippen LogP contribution in [0.3, 0.4) is 0 Å². The summed E-state index contributed by atoms with van der Waals surface area (Å²) in [5, 5.41) is 22.9. The molecule has 0 saturated carbocycles. The third-order valence-corrected chi connectivity index (χ3v) is 9.33. The molecule has 0 bridgehead atoms. The highest BCUT2D eigenvalue weighted by molar-refractivity contribution is 5.75. The highest BCUT2D eigenvalue weighted by Gasteiger charge is 2.37. The first kappa shape index (κ1) is 31.0. The molecule has 1 aromatic heterocycles. The van der Waals surface area contributed by atoms with Crippen LogP contribution in [-0.4, -0.2) is 131 Å². The van der Waals surface area contributed by atoms with Crippen LogP contribution in [0.25, 0.3) is 11.4 Å². The maximum Gasteiger partial charge on any atom is 0.320 e. The van der Waals surface area contributed by atoms with E-state index in [4.69, 9.17) is 9.47 Å². The van der Waals surface area contributed by atoms with E-state index < -0.39 is 18.4 Å². The molecule has 4 fully saturated rings. The molecule has 4 aliphatic heterocycles. The van der Waals surface area contributed by atoms with E-state index in [1.54, 1.807) is 23.1 Å². The summed E-state index contributed by atoms with van der Waals surface area (Å²) in [7, 11) is 0. The van der Waals surface area contributed by atoms with Gasteiger partial charge in [0.25, 0.3) is 0 Å². The van der Waals surface area contributed by atoms with Gasteiger partial charge in [-0.25, -0.2) is 19.2 Å². The van der Waals surface area contributed by atoms with Gasteiger partial charge in [0.05, 0.1) is 37.5 Å². The maximum atomic E-state index is 15.2. The lowest BCUT2D eigenvalue weighted by molar-refractivity contribution is -0.0660. The van der Waals surface area contributed by atoms with Gasteiger partial charge in [0.15, 0.2) is 12.0 Å². The van der Waals surface area contributed by atoms with Crippen molar-refractivity contribution in [1.82, 2.24) is 29.7 Å². The number of aliphatic hydroxyl groups excluding tert-OH is 1. The van der Waals surface area contributed by atoms with Gasteiger partial charge in [-0.15, -0.1) is 0 Å². The van der Waals surface area contributed by atoms with E-state index in [1.807, 2.05) is 12.1 Å². The van der Waals surface area contributed by atoms with Crippen molar-refractivity contribution in [3.8, 4) is 23.2 Å². The number of anilines is 3. The van der Waals surface area contributed by atoms with Crippen LogP contribution in [0.2, 0.25) is 0 Å². The number of carbonyl (C=O) groups excluding carboxylic acids is 1. The molecule has 1 unspecified atom stereocenters. The van der Waals surface area contributed by atoms with Crippen molar-refractivity contribution < 1.29 is 23.8 Å². The first-order valence-electron chi connectivity index (χ1n) is 16.1. The molecule has 7 rings (SSSR count). The van der Waals surface area contributed by atoms with Crippen LogP contribution < -0.4 is 15.0 Å². The van der Waals surface area contributed by atoms with Gasteiger partial charge in [-0.05, 0) is 48.9 Å². The zero-order chi connectivity index (χ0) is 32.3. The summed E-state index contributed by atoms with van der Waals surface area (Å²) in [6, 6.07) is 15.6. The molecule has 3 aromatic rings. The van der Waals surface area contributed by atoms with Crippen LogP contribution in [0.15, 0.2) is 48.8 Å². The van der Waals surface area contributed by atoms with Gasteiger partial charge in [-0.2, -0.15) is 10.2 Å². The topological polar surface area (TPSA) is 143 Å². The van der Waals surface area contributed by atoms with Crippen LogP contribution in [0, 0.1) is 11.3 Å². The van der Waals surface area contributed by atoms with E-state index >= 15 is 4.39 Å². The number of alkyl halides is 1. The van der Waals surface area contributed by atoms with Crippen molar-refractivity contribution in [2.75, 3.05) is 75.8 Å². The van der Waals surface area contributed by atoms with Crippen molar-refractivity contribution in [3.63, 3.8) is 0 Å². The van der Waals surface area contributed by atoms with E-state index in [1.165, 1.54) is 16.9 Å². The molecule has 4 saturated heterocycles. The molecule has 246 valence electrons. The van der Waals surface area contributed by atoms with Crippen LogP contribution >= 0.6 is 0 Å². The Kier molecular flexibility index (Phi) is 9.01. The highest BCUT2D eigenvalue weighted by atomic mass is 19.1. The summed E-state index contributed by atoms with van der Waals surface area (Å²) in [4.78, 5) is 33.8. The number of piperidine rings is 1. The van der Waals surface area contributed by atoms with Crippen LogP contribution in [0.1, 0.15) is 18.4 Å². The van der Waals surface area contributed by atoms with Gasteiger partial charge in [0.2, 0.25) is 5.95 Å². The lowest BCUT2D eigenvalue weighted by Crippen LogP contribution is -2.56. The fourth-order valence-corrected chi connectivity index (χ4v) is 6.49. The number of nitriles is 1. The Labute approximate surface area is 272 Å². The summed E-state index contributed by atoms with van der Waals surface area (Å²) in [5.41, 5.74) is 2.83. The second-order valence-corrected chi connectivity index (χ2v) is 12.4. The van der Waals surface area contributed by atoms with Crippen molar-refractivity contribution >= 4 is 23.4 Å². The van der Waals surface area contributed by atoms with Crippen molar-refractivity contribution in [2.24, 2.45) is 0 Å². The first-order chi connectivity index (χ1) is 22.9. The minimum atomic E-state index is -1.42. The van der Waals surface area contributed by atoms with Gasteiger partial charge in [0.1, 0.15) is 24.3 Å². The van der Waals surface area contributed by atoms with Crippen LogP contribution in [-0.2, 0) is 4.74 Å². The molecule has 2 aromatic carbocycles. The Morgan fingerprint density at radius 3 is 2.45 bits per heavy atom. The SMILES string of the molecule is N#Cc1cc(-c2ncnc(Nc3ccc(N4CCN(C5COC5)CC4)cc3)n2)ccc1O[C@H]1CCN(C(=O)N2CCC(O)C2)C[C@H]1F. The third kappa shape index (κ3) is 6.92. The molecule has 0 radical (unpaired) electrons. The minimum Gasteiger partial charge on any atom is -0.486 e. The Morgan fingerprint density at radius 1 is 1.00 bits per heavy atom. The standard InChI is InChI=1S/C33H38FN9O4/c34-28-18-43(33(45)42-9-7-27(44)17-42)10-8-30(28)47-29-6-1-22(15-23(29)16-35)31-36-21-37-32(39-31)38-24-2-4-25(5-3-24)40-11-13-41(14-12-40)26-19-46-20-26/h1-6,15,21,26-28,30,44H,7-14,17-20H2,(H,36,37,38,39)/t27?,28-,30+/m1/s1. The van der Waals surface area contributed by atoms with Gasteiger partial charge in [-0.1, -0.05) is 0 Å². The number of hydrogen-bond acceptors (Lipinski definition) is 11. The smallest absolute Gasteiger partial charge is 0.320 e. The molecule has 3 atom stereocenters. The summed E-state index contributed by atoms with van der Waals surface area (Å²) in [5.74, 6) is 0.999. The van der Waals surface area contributed by atoms with E-state index in [-0.39, 0.29) is 36.9 Å². The molecule has 5 heterocycles. The molecule has 0 aliphatic carbocycles. The number of amides is 2. The average molecular weight is 644 g/mol. The normalized spacial score (nSPS) is 23.7. The fraction of sp³-hybridized carbons (Fsp3) is 0.485. The number of rotatable bonds is 7. The number of likely N-dealkylation sites (tertiary alicyclic amines) is 2. The largest absolute Gasteiger partial charge is 0.486 e. The Balaban J connectivity index is 0.955. The molecular formula is C33H38FN9O4. The fourth-order valence-electron chi connectivity index (χ4n) is 6.49. The molecule has 4 aliphatic rings. The van der Waals surface area contributed by atoms with Crippen molar-refractivity contribution in [3.05, 3.63) is 54.4 Å². The van der Waals surface area contributed by atoms with Crippen LogP contribution in [0.5, 0.6) is 5.75 Å². The zero-order valence-corrected chi connectivity index (χ0v) is 26.0. The second kappa shape index (κ2) is 13.6. The number of hydrogen-bond donors (Lipinski definition) is 2. The number of ether oxygens (including phenoxy) is 2. The minimum absolute atomic E-state index is 0.104. The lowest BCUT2D eigenvalue weighted by atomic mass is 10.1. The number of aromatic nitrogens is 3. The Hall–Kier alpha value is -4.58. The molecule has 13 nitrogen and oxygen atoms in total. The number of urea groups is 1. The first-order valence-corrected chi connectivity index (χ1v) is 16.1. The number of benzene rings is 2. The number of piperazine rings is 1. The maximum absolute atomic E-state index is 15.2. The monoisotopic (exact) mass is 643 g/mol. The quantitative estimate of drug-likeness (QED) is 0.392. The zero-order valence-electron chi connectivity index (χ0n) is 26.0. The summed E-state index contributed by atoms with van der Waals surface area (Å²) >= 11 is 0. The van der Waals surface area contributed by atoms with E-state index in [2.05, 4.69) is 48.3 Å². The summed E-state index contributed by atoms with van der Waals surface area (Å²) in [6.45, 7) is 6.67. The van der Waals surface area contributed by atoms with Crippen LogP contribution in [0.4, 0.5) is 26.5 Å². The molecule has 14 heteroatoms. The number of aliphatic hydroxyl groups is 1. The van der Waals surface area contributed by atoms with Gasteiger partial charge in [-0.3, -0.25) is 4.90 Å². The molecule has 47 heavy (non-hydrogen) atoms. The van der Waals surface area contributed by atoms with E-state index in [0.29, 0.717) is 42.9 Å². The van der Waals surface area contributed by atoms with Crippen molar-refractivity contribution in [2.45, 2.75) is 37.3 Å². The number of nitrogens with zero attached hydrogens (tertiary/aromatic N) is 8. The summed E-state index contributed by atoms with van der Waals surface area (Å²) < 4.78 is 26.5. The number of carbonyl (C=O) groups is 1. The van der Waals surface area contributed by atoms with E-state index in [0.717, 1.165) is 45.1 Å². The molecular weight excluding hydrogens is 605 g/mol. The second-order valence-electron chi connectivity index (χ2n) is 12.4. The summed E-state index contributed by atoms with van der Waals surface area (Å²) in [6.07, 6.45) is -0.525. The lowest BCUT2D eigenvalue weighted by Gasteiger charge is -2.43.